The summed E-state index contributed by atoms with van der Waals surface area (Å²) in [4.78, 5) is 13.0. The van der Waals surface area contributed by atoms with Crippen LogP contribution in [-0.4, -0.2) is 11.9 Å². The zero-order valence-electron chi connectivity index (χ0n) is 17.7. The van der Waals surface area contributed by atoms with Crippen LogP contribution in [0.5, 0.6) is 0 Å². The van der Waals surface area contributed by atoms with Crippen molar-refractivity contribution in [2.24, 2.45) is 11.8 Å². The van der Waals surface area contributed by atoms with Crippen molar-refractivity contribution in [1.82, 2.24) is 0 Å². The van der Waals surface area contributed by atoms with Crippen LogP contribution in [0, 0.1) is 11.8 Å². The molecule has 29 heavy (non-hydrogen) atoms. The molecule has 4 atom stereocenters. The largest absolute Gasteiger partial charge is 0.374 e. The predicted molar refractivity (Wildman–Crippen MR) is 118 cm³/mol. The monoisotopic (exact) mass is 390 g/mol. The zero-order chi connectivity index (χ0) is 20.1. The van der Waals surface area contributed by atoms with Crippen LogP contribution in [-0.2, 0) is 22.6 Å². The first-order chi connectivity index (χ1) is 14.2. The molecule has 0 spiro atoms. The van der Waals surface area contributed by atoms with Crippen molar-refractivity contribution in [2.45, 2.75) is 76.9 Å². The van der Waals surface area contributed by atoms with Crippen molar-refractivity contribution < 1.29 is 9.53 Å². The first-order valence-electron chi connectivity index (χ1n) is 11.5. The van der Waals surface area contributed by atoms with Crippen molar-refractivity contribution >= 4 is 5.78 Å². The zero-order valence-corrected chi connectivity index (χ0v) is 17.7. The summed E-state index contributed by atoms with van der Waals surface area (Å²) in [5.74, 6) is 1.79. The number of ether oxygens (including phenoxy) is 1. The highest BCUT2D eigenvalue weighted by atomic mass is 16.5. The summed E-state index contributed by atoms with van der Waals surface area (Å²) >= 11 is 0. The molecule has 154 valence electrons. The number of hydrogen-bond donors (Lipinski definition) is 0. The molecule has 2 fully saturated rings. The summed E-state index contributed by atoms with van der Waals surface area (Å²) in [5, 5.41) is 0. The average Bonchev–Trinajstić information content (AvgIpc) is 2.77. The normalized spacial score (nSPS) is 27.7. The molecule has 2 aromatic rings. The Morgan fingerprint density at radius 1 is 0.862 bits per heavy atom. The summed E-state index contributed by atoms with van der Waals surface area (Å²) in [7, 11) is 0. The van der Waals surface area contributed by atoms with Gasteiger partial charge in [-0.15, -0.1) is 0 Å². The number of hydrogen-bond acceptors (Lipinski definition) is 2. The molecule has 0 amide bonds. The molecule has 0 aromatic heterocycles. The lowest BCUT2D eigenvalue weighted by Crippen LogP contribution is -2.36. The quantitative estimate of drug-likeness (QED) is 0.584. The van der Waals surface area contributed by atoms with Crippen molar-refractivity contribution in [3.8, 4) is 0 Å². The second kappa shape index (κ2) is 9.71. The lowest BCUT2D eigenvalue weighted by atomic mass is 9.69. The van der Waals surface area contributed by atoms with E-state index in [2.05, 4.69) is 55.5 Å². The van der Waals surface area contributed by atoms with Crippen molar-refractivity contribution in [2.75, 3.05) is 0 Å². The number of carbonyl (C=O) groups excluding carboxylic acids is 1. The molecule has 0 radical (unpaired) electrons. The Morgan fingerprint density at radius 3 is 2.38 bits per heavy atom. The lowest BCUT2D eigenvalue weighted by Gasteiger charge is -2.38. The number of benzene rings is 2. The molecular formula is C27H34O2. The van der Waals surface area contributed by atoms with Crippen molar-refractivity contribution in [1.29, 1.82) is 0 Å². The Labute approximate surface area is 175 Å². The van der Waals surface area contributed by atoms with Gasteiger partial charge < -0.3 is 4.74 Å². The minimum Gasteiger partial charge on any atom is -0.374 e. The van der Waals surface area contributed by atoms with Gasteiger partial charge in [0.1, 0.15) is 5.78 Å². The lowest BCUT2D eigenvalue weighted by molar-refractivity contribution is -0.129. The molecule has 4 unspecified atom stereocenters. The van der Waals surface area contributed by atoms with E-state index < -0.39 is 0 Å². The first kappa shape index (κ1) is 20.3. The van der Waals surface area contributed by atoms with Gasteiger partial charge in [-0.25, -0.2) is 0 Å². The molecule has 2 aliphatic carbocycles. The third-order valence-electron chi connectivity index (χ3n) is 7.17. The molecule has 0 N–H and O–H groups in total. The van der Waals surface area contributed by atoms with Crippen LogP contribution < -0.4 is 0 Å². The summed E-state index contributed by atoms with van der Waals surface area (Å²) in [6.07, 6.45) is 8.60. The Bertz CT molecular complexity index is 780. The summed E-state index contributed by atoms with van der Waals surface area (Å²) in [6.45, 7) is 2.86. The van der Waals surface area contributed by atoms with Gasteiger partial charge in [-0.05, 0) is 73.5 Å². The van der Waals surface area contributed by atoms with Crippen LogP contribution >= 0.6 is 0 Å². The number of Topliss-reactive ketones (excluding diaryl/α,β-unsaturated/α-hetero) is 1. The minimum atomic E-state index is 0.216. The topological polar surface area (TPSA) is 26.3 Å². The molecule has 0 bridgehead atoms. The SMILES string of the molecule is CCc1ccc(C2CCC(=O)C3CC(OCc4ccccc4)CCC3CC2)cc1. The highest BCUT2D eigenvalue weighted by molar-refractivity contribution is 5.81. The van der Waals surface area contributed by atoms with E-state index in [0.717, 1.165) is 38.5 Å². The van der Waals surface area contributed by atoms with Crippen LogP contribution in [0.1, 0.15) is 74.5 Å². The average molecular weight is 391 g/mol. The molecule has 2 aliphatic rings. The smallest absolute Gasteiger partial charge is 0.136 e. The highest BCUT2D eigenvalue weighted by Crippen LogP contribution is 2.41. The van der Waals surface area contributed by atoms with E-state index in [4.69, 9.17) is 4.74 Å². The van der Waals surface area contributed by atoms with Gasteiger partial charge in [0.05, 0.1) is 12.7 Å². The molecule has 2 saturated carbocycles. The van der Waals surface area contributed by atoms with Gasteiger partial charge in [-0.1, -0.05) is 61.5 Å². The maximum atomic E-state index is 13.0. The van der Waals surface area contributed by atoms with Crippen LogP contribution in [0.15, 0.2) is 54.6 Å². The molecule has 2 nitrogen and oxygen atoms in total. The Balaban J connectivity index is 1.34. The molecule has 2 aromatic carbocycles. The van der Waals surface area contributed by atoms with E-state index in [1.54, 1.807) is 0 Å². The van der Waals surface area contributed by atoms with Gasteiger partial charge in [0.15, 0.2) is 0 Å². The van der Waals surface area contributed by atoms with Gasteiger partial charge in [-0.3, -0.25) is 4.79 Å². The van der Waals surface area contributed by atoms with Gasteiger partial charge >= 0.3 is 0 Å². The van der Waals surface area contributed by atoms with Crippen molar-refractivity contribution in [3.05, 3.63) is 71.3 Å². The number of aryl methyl sites for hydroxylation is 1. The van der Waals surface area contributed by atoms with E-state index >= 15 is 0 Å². The third-order valence-corrected chi connectivity index (χ3v) is 7.17. The van der Waals surface area contributed by atoms with E-state index in [1.807, 2.05) is 6.07 Å². The number of carbonyl (C=O) groups is 1. The Morgan fingerprint density at radius 2 is 1.62 bits per heavy atom. The van der Waals surface area contributed by atoms with Gasteiger partial charge in [0, 0.05) is 12.3 Å². The fourth-order valence-corrected chi connectivity index (χ4v) is 5.29. The van der Waals surface area contributed by atoms with Crippen LogP contribution in [0.4, 0.5) is 0 Å². The van der Waals surface area contributed by atoms with E-state index in [0.29, 0.717) is 24.2 Å². The summed E-state index contributed by atoms with van der Waals surface area (Å²) in [5.41, 5.74) is 4.04. The molecule has 2 heteroatoms. The van der Waals surface area contributed by atoms with Crippen LogP contribution in [0.2, 0.25) is 0 Å². The second-order valence-corrected chi connectivity index (χ2v) is 8.97. The van der Waals surface area contributed by atoms with Gasteiger partial charge in [0.2, 0.25) is 0 Å². The first-order valence-corrected chi connectivity index (χ1v) is 11.5. The molecule has 0 saturated heterocycles. The van der Waals surface area contributed by atoms with E-state index in [-0.39, 0.29) is 12.0 Å². The summed E-state index contributed by atoms with van der Waals surface area (Å²) < 4.78 is 6.20. The molecule has 4 rings (SSSR count). The highest BCUT2D eigenvalue weighted by Gasteiger charge is 2.37. The number of ketones is 1. The maximum absolute atomic E-state index is 13.0. The third kappa shape index (κ3) is 5.17. The fraction of sp³-hybridized carbons (Fsp3) is 0.519. The molecule has 0 aliphatic heterocycles. The van der Waals surface area contributed by atoms with E-state index in [9.17, 15) is 4.79 Å². The fourth-order valence-electron chi connectivity index (χ4n) is 5.29. The number of rotatable bonds is 5. The van der Waals surface area contributed by atoms with Crippen LogP contribution in [0.3, 0.4) is 0 Å². The van der Waals surface area contributed by atoms with Crippen molar-refractivity contribution in [3.63, 3.8) is 0 Å². The minimum absolute atomic E-state index is 0.216. The van der Waals surface area contributed by atoms with E-state index in [1.165, 1.54) is 29.5 Å². The standard InChI is InChI=1S/C27H34O2/c1-2-20-8-10-22(11-9-20)23-12-13-24-14-16-25(18-26(24)27(28)17-15-23)29-19-21-6-4-3-5-7-21/h3-11,23-26H,2,12-19H2,1H3. The Hall–Kier alpha value is -1.93. The maximum Gasteiger partial charge on any atom is 0.136 e. The van der Waals surface area contributed by atoms with Crippen LogP contribution in [0.25, 0.3) is 0 Å². The second-order valence-electron chi connectivity index (χ2n) is 8.97. The van der Waals surface area contributed by atoms with Gasteiger partial charge in [0.25, 0.3) is 0 Å². The molecular weight excluding hydrogens is 356 g/mol. The predicted octanol–water partition coefficient (Wildman–Crippen LogP) is 6.48. The Kier molecular flexibility index (Phi) is 6.82. The number of fused-ring (bicyclic) bond motifs is 1. The molecule has 0 heterocycles. The summed E-state index contributed by atoms with van der Waals surface area (Å²) in [6, 6.07) is 19.5. The van der Waals surface area contributed by atoms with Gasteiger partial charge in [-0.2, -0.15) is 0 Å².